The predicted molar refractivity (Wildman–Crippen MR) is 117 cm³/mol. The zero-order valence-electron chi connectivity index (χ0n) is 17.1. The molecule has 2 aromatic carbocycles. The minimum absolute atomic E-state index is 0.00398. The molecule has 1 heterocycles. The van der Waals surface area contributed by atoms with Crippen molar-refractivity contribution >= 4 is 40.2 Å². The number of carbonyl (C=O) groups is 2. The molecular weight excluding hydrogens is 418 g/mol. The van der Waals surface area contributed by atoms with Crippen molar-refractivity contribution in [2.45, 2.75) is 5.03 Å². The van der Waals surface area contributed by atoms with E-state index >= 15 is 0 Å². The van der Waals surface area contributed by atoms with Gasteiger partial charge < -0.3 is 19.5 Å². The number of methoxy groups -OCH3 is 3. The molecule has 0 atom stereocenters. The maximum Gasteiger partial charge on any atom is 0.339 e. The summed E-state index contributed by atoms with van der Waals surface area (Å²) in [6, 6.07) is 13.8. The number of fused-ring (bicyclic) bond motifs is 1. The molecule has 31 heavy (non-hydrogen) atoms. The Labute approximate surface area is 183 Å². The zero-order chi connectivity index (χ0) is 22.4. The van der Waals surface area contributed by atoms with Crippen LogP contribution in [0.4, 0.5) is 5.69 Å². The summed E-state index contributed by atoms with van der Waals surface area (Å²) in [6.07, 6.45) is 0. The second-order valence-corrected chi connectivity index (χ2v) is 7.19. The summed E-state index contributed by atoms with van der Waals surface area (Å²) < 4.78 is 15.3. The topological polar surface area (TPSA) is 111 Å². The highest BCUT2D eigenvalue weighted by Gasteiger charge is 2.16. The lowest BCUT2D eigenvalue weighted by molar-refractivity contribution is -0.113. The molecule has 0 saturated heterocycles. The number of pyridine rings is 1. The lowest BCUT2D eigenvalue weighted by Crippen LogP contribution is -2.17. The molecule has 8 nitrogen and oxygen atoms in total. The molecule has 0 saturated carbocycles. The van der Waals surface area contributed by atoms with Crippen LogP contribution in [0.5, 0.6) is 11.5 Å². The van der Waals surface area contributed by atoms with Gasteiger partial charge in [0.15, 0.2) is 11.5 Å². The fourth-order valence-electron chi connectivity index (χ4n) is 2.87. The van der Waals surface area contributed by atoms with Gasteiger partial charge in [-0.25, -0.2) is 9.78 Å². The number of esters is 1. The number of anilines is 1. The molecule has 158 valence electrons. The number of nitriles is 1. The second kappa shape index (κ2) is 9.82. The van der Waals surface area contributed by atoms with Gasteiger partial charge in [0.1, 0.15) is 11.1 Å². The molecule has 0 aliphatic carbocycles. The highest BCUT2D eigenvalue weighted by atomic mass is 32.2. The summed E-state index contributed by atoms with van der Waals surface area (Å²) in [5.74, 6) is 0.149. The van der Waals surface area contributed by atoms with E-state index in [0.29, 0.717) is 33.3 Å². The number of amides is 1. The van der Waals surface area contributed by atoms with Crippen LogP contribution in [0.1, 0.15) is 15.9 Å². The fraction of sp³-hybridized carbons (Fsp3) is 0.182. The Morgan fingerprint density at radius 1 is 1.10 bits per heavy atom. The SMILES string of the molecule is COC(=O)c1ccccc1NC(=O)CSc1nc2cc(OC)c(OC)cc2cc1C#N. The average molecular weight is 437 g/mol. The van der Waals surface area contributed by atoms with Crippen LogP contribution in [0.25, 0.3) is 10.9 Å². The van der Waals surface area contributed by atoms with Gasteiger partial charge in [0.25, 0.3) is 0 Å². The Bertz CT molecular complexity index is 1190. The van der Waals surface area contributed by atoms with Crippen LogP contribution >= 0.6 is 11.8 Å². The van der Waals surface area contributed by atoms with Gasteiger partial charge in [0, 0.05) is 11.5 Å². The molecule has 0 aliphatic heterocycles. The number of aromatic nitrogens is 1. The van der Waals surface area contributed by atoms with Crippen LogP contribution in [0.15, 0.2) is 47.5 Å². The predicted octanol–water partition coefficient (Wildman–Crippen LogP) is 3.64. The van der Waals surface area contributed by atoms with Crippen molar-refractivity contribution in [2.75, 3.05) is 32.4 Å². The molecule has 1 amide bonds. The Morgan fingerprint density at radius 2 is 1.81 bits per heavy atom. The van der Waals surface area contributed by atoms with Crippen LogP contribution in [-0.2, 0) is 9.53 Å². The molecule has 0 fully saturated rings. The van der Waals surface area contributed by atoms with Gasteiger partial charge in [0.2, 0.25) is 5.91 Å². The molecule has 9 heteroatoms. The number of hydrogen-bond donors (Lipinski definition) is 1. The van der Waals surface area contributed by atoms with Crippen molar-refractivity contribution in [3.8, 4) is 17.6 Å². The first-order valence-corrected chi connectivity index (χ1v) is 10.1. The third-order valence-corrected chi connectivity index (χ3v) is 5.34. The number of thioether (sulfide) groups is 1. The largest absolute Gasteiger partial charge is 0.493 e. The van der Waals surface area contributed by atoms with Crippen LogP contribution in [-0.4, -0.2) is 43.9 Å². The number of rotatable bonds is 7. The first-order valence-electron chi connectivity index (χ1n) is 9.07. The van der Waals surface area contributed by atoms with E-state index in [9.17, 15) is 14.9 Å². The fourth-order valence-corrected chi connectivity index (χ4v) is 3.64. The van der Waals surface area contributed by atoms with E-state index in [2.05, 4.69) is 16.4 Å². The van der Waals surface area contributed by atoms with Crippen LogP contribution in [0, 0.1) is 11.3 Å². The van der Waals surface area contributed by atoms with Crippen molar-refractivity contribution < 1.29 is 23.8 Å². The van der Waals surface area contributed by atoms with E-state index in [1.165, 1.54) is 21.3 Å². The van der Waals surface area contributed by atoms with Gasteiger partial charge in [0.05, 0.1) is 49.4 Å². The third-order valence-electron chi connectivity index (χ3n) is 4.35. The average Bonchev–Trinajstić information content (AvgIpc) is 2.80. The van der Waals surface area contributed by atoms with Crippen molar-refractivity contribution in [3.63, 3.8) is 0 Å². The van der Waals surface area contributed by atoms with E-state index in [1.807, 2.05) is 0 Å². The first kappa shape index (κ1) is 21.9. The minimum atomic E-state index is -0.545. The van der Waals surface area contributed by atoms with Gasteiger partial charge in [-0.05, 0) is 24.3 Å². The molecule has 0 radical (unpaired) electrons. The number of nitrogens with zero attached hydrogens (tertiary/aromatic N) is 2. The maximum absolute atomic E-state index is 12.5. The smallest absolute Gasteiger partial charge is 0.339 e. The molecule has 3 rings (SSSR count). The number of benzene rings is 2. The summed E-state index contributed by atoms with van der Waals surface area (Å²) in [5.41, 5.74) is 1.55. The molecule has 0 aliphatic rings. The summed E-state index contributed by atoms with van der Waals surface area (Å²) in [7, 11) is 4.33. The number of nitrogens with one attached hydrogen (secondary N) is 1. The van der Waals surface area contributed by atoms with Gasteiger partial charge in [-0.15, -0.1) is 0 Å². The standard InChI is InChI=1S/C22H19N3O5S/c1-28-18-9-13-8-14(11-23)21(25-17(13)10-19(18)29-2)31-12-20(26)24-16-7-5-4-6-15(16)22(27)30-3/h4-10H,12H2,1-3H3,(H,24,26). The molecule has 0 spiro atoms. The van der Waals surface area contributed by atoms with Crippen molar-refractivity contribution in [3.05, 3.63) is 53.6 Å². The van der Waals surface area contributed by atoms with Crippen LogP contribution in [0.2, 0.25) is 0 Å². The monoisotopic (exact) mass is 437 g/mol. The van der Waals surface area contributed by atoms with E-state index in [-0.39, 0.29) is 17.2 Å². The lowest BCUT2D eigenvalue weighted by atomic mass is 10.1. The zero-order valence-corrected chi connectivity index (χ0v) is 17.9. The maximum atomic E-state index is 12.5. The lowest BCUT2D eigenvalue weighted by Gasteiger charge is -2.11. The van der Waals surface area contributed by atoms with Crippen LogP contribution in [0.3, 0.4) is 0 Å². The first-order chi connectivity index (χ1) is 15.0. The second-order valence-electron chi connectivity index (χ2n) is 6.23. The molecule has 3 aromatic rings. The van der Waals surface area contributed by atoms with E-state index < -0.39 is 5.97 Å². The number of hydrogen-bond acceptors (Lipinski definition) is 8. The van der Waals surface area contributed by atoms with Gasteiger partial charge in [-0.3, -0.25) is 4.79 Å². The summed E-state index contributed by atoms with van der Waals surface area (Å²) >= 11 is 1.12. The van der Waals surface area contributed by atoms with Gasteiger partial charge in [-0.1, -0.05) is 23.9 Å². The van der Waals surface area contributed by atoms with Gasteiger partial charge >= 0.3 is 5.97 Å². The van der Waals surface area contributed by atoms with E-state index in [1.54, 1.807) is 42.5 Å². The highest BCUT2D eigenvalue weighted by molar-refractivity contribution is 8.00. The third kappa shape index (κ3) is 4.87. The Kier molecular flexibility index (Phi) is 6.95. The molecule has 1 aromatic heterocycles. The summed E-state index contributed by atoms with van der Waals surface area (Å²) in [4.78, 5) is 28.8. The molecule has 1 N–H and O–H groups in total. The van der Waals surface area contributed by atoms with Crippen molar-refractivity contribution in [1.82, 2.24) is 4.98 Å². The van der Waals surface area contributed by atoms with E-state index in [0.717, 1.165) is 17.1 Å². The van der Waals surface area contributed by atoms with Crippen molar-refractivity contribution in [2.24, 2.45) is 0 Å². The van der Waals surface area contributed by atoms with Crippen molar-refractivity contribution in [1.29, 1.82) is 5.26 Å². The minimum Gasteiger partial charge on any atom is -0.493 e. The Hall–Kier alpha value is -3.77. The summed E-state index contributed by atoms with van der Waals surface area (Å²) in [5, 5.41) is 13.3. The van der Waals surface area contributed by atoms with Crippen LogP contribution < -0.4 is 14.8 Å². The van der Waals surface area contributed by atoms with Gasteiger partial charge in [-0.2, -0.15) is 5.26 Å². The van der Waals surface area contributed by atoms with E-state index in [4.69, 9.17) is 14.2 Å². The quantitative estimate of drug-likeness (QED) is 0.441. The summed E-state index contributed by atoms with van der Waals surface area (Å²) in [6.45, 7) is 0. The molecule has 0 unspecified atom stereocenters. The normalized spacial score (nSPS) is 10.3. The molecule has 0 bridgehead atoms. The number of para-hydroxylation sites is 1. The number of carbonyl (C=O) groups excluding carboxylic acids is 2. The Balaban J connectivity index is 1.81. The highest BCUT2D eigenvalue weighted by Crippen LogP contribution is 2.33. The molecular formula is C22H19N3O5S. The number of ether oxygens (including phenoxy) is 3. The Morgan fingerprint density at radius 3 is 2.48 bits per heavy atom.